The molecule has 0 aliphatic heterocycles. The molecule has 0 aromatic heterocycles. The molecule has 0 bridgehead atoms. The molecule has 0 aromatic rings. The van der Waals surface area contributed by atoms with Crippen LogP contribution in [-0.2, 0) is 20.9 Å². The molecule has 0 amide bonds. The molecular formula is C3H9O3PS. The van der Waals surface area contributed by atoms with Crippen LogP contribution in [0.25, 0.3) is 0 Å². The first-order valence-electron chi connectivity index (χ1n) is 2.15. The fraction of sp³-hybridized carbons (Fsp3) is 1.00. The molecule has 0 fully saturated rings. The summed E-state index contributed by atoms with van der Waals surface area (Å²) in [4.78, 5) is 8.80. The van der Waals surface area contributed by atoms with Crippen LogP contribution in [0.1, 0.15) is 6.92 Å². The van der Waals surface area contributed by atoms with Gasteiger partial charge in [-0.25, -0.2) is 0 Å². The Morgan fingerprint density at radius 2 is 2.25 bits per heavy atom. The average molecular weight is 159 g/mol. The summed E-state index contributed by atoms with van der Waals surface area (Å²) in [6.45, 7) is -0.703. The second-order valence-electron chi connectivity index (χ2n) is 1.07. The Morgan fingerprint density at radius 3 is 2.38 bits per heavy atom. The van der Waals surface area contributed by atoms with Gasteiger partial charge in [0.25, 0.3) is 0 Å². The zero-order valence-corrected chi connectivity index (χ0v) is 6.54. The molecule has 3 nitrogen and oxygen atoms in total. The SMILES string of the molecule is [13CH3][13CH2]OP(O)(=S)O[13CH3]. The van der Waals surface area contributed by atoms with Crippen LogP contribution in [0.2, 0.25) is 0 Å². The van der Waals surface area contributed by atoms with E-state index in [1.165, 1.54) is 7.11 Å². The highest BCUT2D eigenvalue weighted by Gasteiger charge is 2.08. The number of hydrogen-bond acceptors (Lipinski definition) is 3. The molecule has 0 radical (unpaired) electrons. The maximum absolute atomic E-state index is 8.80. The van der Waals surface area contributed by atoms with Gasteiger partial charge in [0.1, 0.15) is 0 Å². The lowest BCUT2D eigenvalue weighted by Gasteiger charge is -2.09. The highest BCUT2D eigenvalue weighted by Crippen LogP contribution is 2.41. The third-order valence-corrected chi connectivity index (χ3v) is 2.33. The first kappa shape index (κ1) is 8.53. The van der Waals surface area contributed by atoms with Gasteiger partial charge in [0.05, 0.1) is 6.61 Å². The molecule has 0 rings (SSSR count). The Hall–Kier alpha value is 0.530. The molecule has 5 heteroatoms. The van der Waals surface area contributed by atoms with Gasteiger partial charge in [0.2, 0.25) is 0 Å². The van der Waals surface area contributed by atoms with Crippen molar-refractivity contribution in [1.82, 2.24) is 0 Å². The van der Waals surface area contributed by atoms with E-state index in [1.54, 1.807) is 6.92 Å². The summed E-state index contributed by atoms with van der Waals surface area (Å²) in [6, 6.07) is 0. The van der Waals surface area contributed by atoms with E-state index in [-0.39, 0.29) is 0 Å². The molecule has 8 heavy (non-hydrogen) atoms. The highest BCUT2D eigenvalue weighted by molar-refractivity contribution is 8.07. The van der Waals surface area contributed by atoms with Crippen molar-refractivity contribution < 1.29 is 13.9 Å². The van der Waals surface area contributed by atoms with Crippen molar-refractivity contribution in [3.05, 3.63) is 0 Å². The van der Waals surface area contributed by atoms with Crippen molar-refractivity contribution in [3.63, 3.8) is 0 Å². The predicted molar refractivity (Wildman–Crippen MR) is 35.1 cm³/mol. The van der Waals surface area contributed by atoms with Crippen molar-refractivity contribution in [3.8, 4) is 0 Å². The van der Waals surface area contributed by atoms with Crippen LogP contribution in [0.4, 0.5) is 0 Å². The molecule has 1 unspecified atom stereocenters. The average Bonchev–Trinajstić information content (AvgIpc) is 1.67. The monoisotopic (exact) mass is 159 g/mol. The van der Waals surface area contributed by atoms with E-state index in [1.807, 2.05) is 0 Å². The van der Waals surface area contributed by atoms with Gasteiger partial charge in [-0.15, -0.1) is 0 Å². The van der Waals surface area contributed by atoms with Gasteiger partial charge in [0.15, 0.2) is 0 Å². The molecule has 0 aliphatic rings. The van der Waals surface area contributed by atoms with Gasteiger partial charge >= 0.3 is 6.72 Å². The summed E-state index contributed by atoms with van der Waals surface area (Å²) in [6.07, 6.45) is 0. The van der Waals surface area contributed by atoms with Crippen LogP contribution in [0.15, 0.2) is 0 Å². The van der Waals surface area contributed by atoms with Crippen molar-refractivity contribution in [2.45, 2.75) is 6.92 Å². The van der Waals surface area contributed by atoms with Crippen LogP contribution in [0.5, 0.6) is 0 Å². The van der Waals surface area contributed by atoms with E-state index in [0.29, 0.717) is 6.61 Å². The van der Waals surface area contributed by atoms with Gasteiger partial charge in [-0.1, -0.05) is 0 Å². The largest absolute Gasteiger partial charge is 0.324 e. The Labute approximate surface area is 53.9 Å². The summed E-state index contributed by atoms with van der Waals surface area (Å²) >= 11 is 4.47. The van der Waals surface area contributed by atoms with Gasteiger partial charge in [-0.2, -0.15) is 0 Å². The van der Waals surface area contributed by atoms with Gasteiger partial charge in [-0.3, -0.25) is 0 Å². The maximum Gasteiger partial charge on any atom is 0.324 e. The van der Waals surface area contributed by atoms with Gasteiger partial charge < -0.3 is 13.9 Å². The number of hydrogen-bond donors (Lipinski definition) is 1. The molecule has 0 aromatic carbocycles. The first-order valence-corrected chi connectivity index (χ1v) is 4.74. The topological polar surface area (TPSA) is 38.7 Å². The Kier molecular flexibility index (Phi) is 3.77. The lowest BCUT2D eigenvalue weighted by Crippen LogP contribution is -1.88. The highest BCUT2D eigenvalue weighted by atomic mass is 32.5. The normalized spacial score (nSPS) is 17.9. The third-order valence-electron chi connectivity index (χ3n) is 0.523. The predicted octanol–water partition coefficient (Wildman–Crippen LogP) is 0.886. The van der Waals surface area contributed by atoms with Gasteiger partial charge in [0, 0.05) is 7.11 Å². The summed E-state index contributed by atoms with van der Waals surface area (Å²) in [5.41, 5.74) is 0. The summed E-state index contributed by atoms with van der Waals surface area (Å²) < 4.78 is 9.08. The summed E-state index contributed by atoms with van der Waals surface area (Å²) in [5, 5.41) is 0. The quantitative estimate of drug-likeness (QED) is 0.490. The summed E-state index contributed by atoms with van der Waals surface area (Å²) in [7, 11) is 1.33. The maximum atomic E-state index is 8.80. The van der Waals surface area contributed by atoms with Crippen LogP contribution in [-0.4, -0.2) is 18.6 Å². The van der Waals surface area contributed by atoms with E-state index < -0.39 is 6.72 Å². The molecule has 1 atom stereocenters. The minimum Gasteiger partial charge on any atom is -0.324 e. The van der Waals surface area contributed by atoms with Crippen molar-refractivity contribution >= 4 is 18.5 Å². The van der Waals surface area contributed by atoms with Crippen molar-refractivity contribution in [1.29, 1.82) is 0 Å². The van der Waals surface area contributed by atoms with Crippen LogP contribution >= 0.6 is 6.72 Å². The van der Waals surface area contributed by atoms with E-state index in [4.69, 9.17) is 4.89 Å². The Balaban J connectivity index is 3.55. The third kappa shape index (κ3) is 3.52. The zero-order valence-electron chi connectivity index (χ0n) is 4.83. The molecule has 0 spiro atoms. The Bertz CT molecular complexity index is 105. The van der Waals surface area contributed by atoms with E-state index in [9.17, 15) is 0 Å². The molecular weight excluding hydrogens is 150 g/mol. The van der Waals surface area contributed by atoms with E-state index in [0.717, 1.165) is 0 Å². The fourth-order valence-corrected chi connectivity index (χ4v) is 0.964. The van der Waals surface area contributed by atoms with Crippen LogP contribution < -0.4 is 0 Å². The molecule has 1 N–H and O–H groups in total. The van der Waals surface area contributed by atoms with Crippen LogP contribution in [0, 0.1) is 0 Å². The minimum absolute atomic E-state index is 0.390. The molecule has 50 valence electrons. The first-order chi connectivity index (χ1) is 3.62. The fourth-order valence-electron chi connectivity index (χ4n) is 0.216. The van der Waals surface area contributed by atoms with Crippen molar-refractivity contribution in [2.75, 3.05) is 13.7 Å². The molecule has 0 saturated heterocycles. The summed E-state index contributed by atoms with van der Waals surface area (Å²) in [5.74, 6) is 0. The second kappa shape index (κ2) is 3.54. The molecule has 0 aliphatic carbocycles. The smallest absolute Gasteiger partial charge is 0.324 e. The van der Waals surface area contributed by atoms with Gasteiger partial charge in [-0.05, 0) is 18.7 Å². The van der Waals surface area contributed by atoms with Crippen molar-refractivity contribution in [2.24, 2.45) is 0 Å². The Morgan fingerprint density at radius 1 is 1.75 bits per heavy atom. The lowest BCUT2D eigenvalue weighted by molar-refractivity contribution is 0.236. The van der Waals surface area contributed by atoms with Crippen LogP contribution in [0.3, 0.4) is 0 Å². The number of rotatable bonds is 3. The van der Waals surface area contributed by atoms with E-state index in [2.05, 4.69) is 20.9 Å². The van der Waals surface area contributed by atoms with E-state index >= 15 is 0 Å². The second-order valence-corrected chi connectivity index (χ2v) is 4.01. The molecule has 0 heterocycles. The lowest BCUT2D eigenvalue weighted by atomic mass is 11.9. The standard InChI is InChI=1S/C3H9O3PS/c1-3-6-7(4,8)5-2/h3H2,1-2H3,(H,4,8)/i1+1,2+1,3+1. The zero-order chi connectivity index (χ0) is 6.62. The minimum atomic E-state index is -2.84. The molecule has 0 saturated carbocycles.